The van der Waals surface area contributed by atoms with Gasteiger partial charge < -0.3 is 9.88 Å². The molecule has 1 aromatic carbocycles. The van der Waals surface area contributed by atoms with E-state index in [9.17, 15) is 9.59 Å². The number of aromatic amines is 1. The van der Waals surface area contributed by atoms with E-state index >= 15 is 0 Å². The second kappa shape index (κ2) is 9.00. The molecule has 1 atom stereocenters. The molecule has 166 valence electrons. The van der Waals surface area contributed by atoms with E-state index in [4.69, 9.17) is 4.98 Å². The summed E-state index contributed by atoms with van der Waals surface area (Å²) in [5.74, 6) is 0.742. The first-order valence-electron chi connectivity index (χ1n) is 11.3. The molecule has 32 heavy (non-hydrogen) atoms. The van der Waals surface area contributed by atoms with Crippen molar-refractivity contribution in [1.29, 1.82) is 0 Å². The summed E-state index contributed by atoms with van der Waals surface area (Å²) in [6.45, 7) is 5.23. The Morgan fingerprint density at radius 1 is 1.22 bits per heavy atom. The molecule has 0 radical (unpaired) electrons. The van der Waals surface area contributed by atoms with Crippen LogP contribution in [0.15, 0.2) is 46.6 Å². The molecule has 0 bridgehead atoms. The number of hydrogen-bond acceptors (Lipinski definition) is 5. The molecule has 1 saturated heterocycles. The van der Waals surface area contributed by atoms with Crippen LogP contribution in [0.3, 0.4) is 0 Å². The summed E-state index contributed by atoms with van der Waals surface area (Å²) in [6.07, 6.45) is 2.91. The first-order valence-corrected chi connectivity index (χ1v) is 12.2. The van der Waals surface area contributed by atoms with Gasteiger partial charge in [-0.1, -0.05) is 30.3 Å². The maximum atomic E-state index is 13.0. The SMILES string of the molecule is Cc1ccsc1CN1CCc2nc([C@@H]3CCCN3C(=O)Cc3ccccc3)[nH]c(=O)c2C1. The number of hydrogen-bond donors (Lipinski definition) is 1. The Balaban J connectivity index is 1.33. The van der Waals surface area contributed by atoms with Gasteiger partial charge in [0.25, 0.3) is 5.56 Å². The number of likely N-dealkylation sites (tertiary alicyclic amines) is 1. The first kappa shape index (κ1) is 21.1. The number of H-pyrrole nitrogens is 1. The first-order chi connectivity index (χ1) is 15.6. The third-order valence-corrected chi connectivity index (χ3v) is 7.60. The number of thiophene rings is 1. The van der Waals surface area contributed by atoms with E-state index in [1.807, 2.05) is 35.2 Å². The predicted molar refractivity (Wildman–Crippen MR) is 126 cm³/mol. The molecular weight excluding hydrogens is 420 g/mol. The summed E-state index contributed by atoms with van der Waals surface area (Å²) in [7, 11) is 0. The number of carbonyl (C=O) groups excluding carboxylic acids is 1. The molecule has 0 unspecified atom stereocenters. The van der Waals surface area contributed by atoms with E-state index in [1.54, 1.807) is 11.3 Å². The maximum absolute atomic E-state index is 13.0. The Bertz CT molecular complexity index is 1170. The lowest BCUT2D eigenvalue weighted by atomic mass is 10.1. The van der Waals surface area contributed by atoms with Gasteiger partial charge in [0.15, 0.2) is 0 Å². The minimum Gasteiger partial charge on any atom is -0.332 e. The molecule has 6 nitrogen and oxygen atoms in total. The molecule has 0 saturated carbocycles. The van der Waals surface area contributed by atoms with Crippen LogP contribution in [0.25, 0.3) is 0 Å². The molecule has 2 aromatic heterocycles. The number of carbonyl (C=O) groups is 1. The van der Waals surface area contributed by atoms with Crippen molar-refractivity contribution in [2.24, 2.45) is 0 Å². The zero-order chi connectivity index (χ0) is 22.1. The zero-order valence-corrected chi connectivity index (χ0v) is 19.2. The van der Waals surface area contributed by atoms with Crippen molar-refractivity contribution in [2.75, 3.05) is 13.1 Å². The van der Waals surface area contributed by atoms with Gasteiger partial charge in [-0.3, -0.25) is 14.5 Å². The van der Waals surface area contributed by atoms with Gasteiger partial charge in [0.1, 0.15) is 5.82 Å². The molecule has 0 spiro atoms. The van der Waals surface area contributed by atoms with Crippen LogP contribution in [-0.2, 0) is 30.7 Å². The summed E-state index contributed by atoms with van der Waals surface area (Å²) in [5, 5.41) is 2.12. The lowest BCUT2D eigenvalue weighted by Gasteiger charge is -2.29. The third-order valence-electron chi connectivity index (χ3n) is 6.59. The zero-order valence-electron chi connectivity index (χ0n) is 18.3. The lowest BCUT2D eigenvalue weighted by Crippen LogP contribution is -2.38. The molecule has 1 N–H and O–H groups in total. The number of aryl methyl sites for hydroxylation is 1. The summed E-state index contributed by atoms with van der Waals surface area (Å²) < 4.78 is 0. The van der Waals surface area contributed by atoms with Crippen molar-refractivity contribution in [1.82, 2.24) is 19.8 Å². The van der Waals surface area contributed by atoms with Crippen LogP contribution in [0.4, 0.5) is 0 Å². The summed E-state index contributed by atoms with van der Waals surface area (Å²) >= 11 is 1.77. The highest BCUT2D eigenvalue weighted by molar-refractivity contribution is 7.10. The average Bonchev–Trinajstić information content (AvgIpc) is 3.44. The standard InChI is InChI=1S/C25H28N4O2S/c1-17-10-13-32-22(17)16-28-12-9-20-19(15-28)25(31)27-24(26-20)21-8-5-11-29(21)23(30)14-18-6-3-2-4-7-18/h2-4,6-7,10,13,21H,5,8-9,11-12,14-16H2,1H3,(H,26,27,31)/t21-/m0/s1. The molecule has 5 rings (SSSR count). The predicted octanol–water partition coefficient (Wildman–Crippen LogP) is 3.60. The molecule has 2 aliphatic rings. The second-order valence-corrected chi connectivity index (χ2v) is 9.77. The topological polar surface area (TPSA) is 69.3 Å². The Kier molecular flexibility index (Phi) is 5.93. The molecule has 3 aromatic rings. The Hall–Kier alpha value is -2.77. The van der Waals surface area contributed by atoms with Crippen LogP contribution in [0.2, 0.25) is 0 Å². The van der Waals surface area contributed by atoms with E-state index in [-0.39, 0.29) is 17.5 Å². The second-order valence-electron chi connectivity index (χ2n) is 8.77. The Morgan fingerprint density at radius 3 is 2.84 bits per heavy atom. The van der Waals surface area contributed by atoms with Gasteiger partial charge in [-0.25, -0.2) is 4.98 Å². The van der Waals surface area contributed by atoms with Gasteiger partial charge >= 0.3 is 0 Å². The number of rotatable bonds is 5. The smallest absolute Gasteiger partial charge is 0.255 e. The maximum Gasteiger partial charge on any atom is 0.255 e. The van der Waals surface area contributed by atoms with Gasteiger partial charge in [0.05, 0.1) is 23.7 Å². The number of amides is 1. The van der Waals surface area contributed by atoms with Crippen LogP contribution in [0.1, 0.15) is 52.0 Å². The van der Waals surface area contributed by atoms with E-state index in [1.165, 1.54) is 10.4 Å². The highest BCUT2D eigenvalue weighted by Crippen LogP contribution is 2.31. The summed E-state index contributed by atoms with van der Waals surface area (Å²) in [4.78, 5) is 39.5. The number of aromatic nitrogens is 2. The fourth-order valence-corrected chi connectivity index (χ4v) is 5.73. The highest BCUT2D eigenvalue weighted by Gasteiger charge is 2.33. The molecule has 2 aliphatic heterocycles. The van der Waals surface area contributed by atoms with E-state index < -0.39 is 0 Å². The van der Waals surface area contributed by atoms with E-state index in [0.717, 1.165) is 49.2 Å². The fraction of sp³-hybridized carbons (Fsp3) is 0.400. The minimum atomic E-state index is -0.143. The van der Waals surface area contributed by atoms with Crippen LogP contribution in [0.5, 0.6) is 0 Å². The number of benzene rings is 1. The quantitative estimate of drug-likeness (QED) is 0.648. The Labute approximate surface area is 191 Å². The monoisotopic (exact) mass is 448 g/mol. The summed E-state index contributed by atoms with van der Waals surface area (Å²) in [6, 6.07) is 11.8. The number of fused-ring (bicyclic) bond motifs is 1. The van der Waals surface area contributed by atoms with Crippen molar-refractivity contribution >= 4 is 17.2 Å². The normalized spacial score (nSPS) is 18.7. The molecule has 0 aliphatic carbocycles. The number of nitrogens with one attached hydrogen (secondary N) is 1. The molecule has 1 amide bonds. The lowest BCUT2D eigenvalue weighted by molar-refractivity contribution is -0.131. The molecular formula is C25H28N4O2S. The number of nitrogens with zero attached hydrogens (tertiary/aromatic N) is 3. The van der Waals surface area contributed by atoms with E-state index in [0.29, 0.717) is 25.3 Å². The van der Waals surface area contributed by atoms with Gasteiger partial charge in [0.2, 0.25) is 5.91 Å². The fourth-order valence-electron chi connectivity index (χ4n) is 4.78. The van der Waals surface area contributed by atoms with E-state index in [2.05, 4.69) is 28.3 Å². The average molecular weight is 449 g/mol. The molecule has 4 heterocycles. The van der Waals surface area contributed by atoms with Crippen molar-refractivity contribution in [3.63, 3.8) is 0 Å². The highest BCUT2D eigenvalue weighted by atomic mass is 32.1. The van der Waals surface area contributed by atoms with Crippen molar-refractivity contribution < 1.29 is 4.79 Å². The van der Waals surface area contributed by atoms with Crippen molar-refractivity contribution in [3.05, 3.63) is 85.2 Å². The minimum absolute atomic E-state index is 0.0556. The van der Waals surface area contributed by atoms with Crippen molar-refractivity contribution in [2.45, 2.75) is 51.7 Å². The van der Waals surface area contributed by atoms with Crippen LogP contribution < -0.4 is 5.56 Å². The third kappa shape index (κ3) is 4.27. The van der Waals surface area contributed by atoms with Gasteiger partial charge in [-0.05, 0) is 42.3 Å². The van der Waals surface area contributed by atoms with Crippen LogP contribution in [0, 0.1) is 6.92 Å². The van der Waals surface area contributed by atoms with Gasteiger partial charge in [0, 0.05) is 37.5 Å². The van der Waals surface area contributed by atoms with Gasteiger partial charge in [-0.15, -0.1) is 11.3 Å². The molecule has 7 heteroatoms. The van der Waals surface area contributed by atoms with Crippen molar-refractivity contribution in [3.8, 4) is 0 Å². The summed E-state index contributed by atoms with van der Waals surface area (Å²) in [5.41, 5.74) is 3.93. The molecule has 1 fully saturated rings. The van der Waals surface area contributed by atoms with Crippen LogP contribution in [-0.4, -0.2) is 38.8 Å². The largest absolute Gasteiger partial charge is 0.332 e. The van der Waals surface area contributed by atoms with Crippen LogP contribution >= 0.6 is 11.3 Å². The Morgan fingerprint density at radius 2 is 2.06 bits per heavy atom. The van der Waals surface area contributed by atoms with Gasteiger partial charge in [-0.2, -0.15) is 0 Å².